The summed E-state index contributed by atoms with van der Waals surface area (Å²) in [6, 6.07) is 4.78. The molecule has 1 unspecified atom stereocenters. The number of hydrogen-bond donors (Lipinski definition) is 2. The van der Waals surface area contributed by atoms with Crippen LogP contribution in [-0.4, -0.2) is 16.2 Å². The lowest BCUT2D eigenvalue weighted by Crippen LogP contribution is -2.27. The minimum absolute atomic E-state index is 0.493. The van der Waals surface area contributed by atoms with Crippen LogP contribution in [0.15, 0.2) is 23.7 Å². The SMILES string of the molecule is Cc1[nH]ncc1CNC(C)Cc1cccs1. The van der Waals surface area contributed by atoms with Gasteiger partial charge in [0.1, 0.15) is 0 Å². The average Bonchev–Trinajstić information content (AvgIpc) is 2.87. The zero-order chi connectivity index (χ0) is 11.4. The van der Waals surface area contributed by atoms with Crippen LogP contribution >= 0.6 is 11.3 Å². The Morgan fingerprint density at radius 2 is 2.44 bits per heavy atom. The number of hydrogen-bond acceptors (Lipinski definition) is 3. The van der Waals surface area contributed by atoms with E-state index in [1.165, 1.54) is 10.4 Å². The van der Waals surface area contributed by atoms with Crippen molar-refractivity contribution in [2.24, 2.45) is 0 Å². The van der Waals surface area contributed by atoms with Gasteiger partial charge in [0.2, 0.25) is 0 Å². The van der Waals surface area contributed by atoms with E-state index in [4.69, 9.17) is 0 Å². The summed E-state index contributed by atoms with van der Waals surface area (Å²) in [6.45, 7) is 5.15. The van der Waals surface area contributed by atoms with Gasteiger partial charge < -0.3 is 5.32 Å². The van der Waals surface area contributed by atoms with Gasteiger partial charge in [-0.25, -0.2) is 0 Å². The number of H-pyrrole nitrogens is 1. The second-order valence-electron chi connectivity index (χ2n) is 4.09. The smallest absolute Gasteiger partial charge is 0.0535 e. The Morgan fingerprint density at radius 3 is 3.06 bits per heavy atom. The summed E-state index contributed by atoms with van der Waals surface area (Å²) in [5.74, 6) is 0. The molecule has 0 radical (unpaired) electrons. The summed E-state index contributed by atoms with van der Waals surface area (Å²) < 4.78 is 0. The molecule has 0 aliphatic heterocycles. The van der Waals surface area contributed by atoms with E-state index in [0.717, 1.165) is 18.7 Å². The molecule has 0 amide bonds. The predicted octanol–water partition coefficient (Wildman–Crippen LogP) is 2.50. The second-order valence-corrected chi connectivity index (χ2v) is 5.12. The minimum atomic E-state index is 0.493. The van der Waals surface area contributed by atoms with Crippen LogP contribution in [0.4, 0.5) is 0 Å². The number of aryl methyl sites for hydroxylation is 1. The summed E-state index contributed by atoms with van der Waals surface area (Å²) >= 11 is 1.82. The highest BCUT2D eigenvalue weighted by Gasteiger charge is 2.05. The van der Waals surface area contributed by atoms with E-state index in [1.807, 2.05) is 24.5 Å². The van der Waals surface area contributed by atoms with Gasteiger partial charge >= 0.3 is 0 Å². The largest absolute Gasteiger partial charge is 0.310 e. The molecule has 3 nitrogen and oxygen atoms in total. The number of thiophene rings is 1. The first kappa shape index (κ1) is 11.4. The maximum Gasteiger partial charge on any atom is 0.0535 e. The maximum absolute atomic E-state index is 4.01. The number of nitrogens with one attached hydrogen (secondary N) is 2. The molecule has 86 valence electrons. The van der Waals surface area contributed by atoms with E-state index in [1.54, 1.807) is 0 Å². The van der Waals surface area contributed by atoms with Crippen molar-refractivity contribution in [3.8, 4) is 0 Å². The standard InChI is InChI=1S/C12H17N3S/c1-9(6-12-4-3-5-16-12)13-7-11-8-14-15-10(11)2/h3-5,8-9,13H,6-7H2,1-2H3,(H,14,15). The quantitative estimate of drug-likeness (QED) is 0.836. The molecule has 2 rings (SSSR count). The normalized spacial score (nSPS) is 12.9. The summed E-state index contributed by atoms with van der Waals surface area (Å²) in [4.78, 5) is 1.43. The molecule has 2 aromatic heterocycles. The Kier molecular flexibility index (Phi) is 3.74. The zero-order valence-corrected chi connectivity index (χ0v) is 10.5. The molecular weight excluding hydrogens is 218 g/mol. The summed E-state index contributed by atoms with van der Waals surface area (Å²) in [5.41, 5.74) is 2.40. The molecule has 0 saturated carbocycles. The van der Waals surface area contributed by atoms with Crippen molar-refractivity contribution >= 4 is 11.3 Å². The van der Waals surface area contributed by atoms with Gasteiger partial charge in [0.15, 0.2) is 0 Å². The van der Waals surface area contributed by atoms with Crippen LogP contribution in [0.25, 0.3) is 0 Å². The van der Waals surface area contributed by atoms with Gasteiger partial charge in [-0.05, 0) is 31.7 Å². The van der Waals surface area contributed by atoms with Crippen LogP contribution in [0.2, 0.25) is 0 Å². The molecule has 0 aromatic carbocycles. The Morgan fingerprint density at radius 1 is 1.56 bits per heavy atom. The van der Waals surface area contributed by atoms with E-state index >= 15 is 0 Å². The number of rotatable bonds is 5. The average molecular weight is 235 g/mol. The van der Waals surface area contributed by atoms with Gasteiger partial charge in [0.05, 0.1) is 6.20 Å². The van der Waals surface area contributed by atoms with Crippen LogP contribution < -0.4 is 5.32 Å². The molecule has 2 aromatic rings. The van der Waals surface area contributed by atoms with Crippen molar-refractivity contribution in [2.75, 3.05) is 0 Å². The van der Waals surface area contributed by atoms with E-state index in [-0.39, 0.29) is 0 Å². The fraction of sp³-hybridized carbons (Fsp3) is 0.417. The Labute approximate surface area is 99.9 Å². The molecule has 0 saturated heterocycles. The summed E-state index contributed by atoms with van der Waals surface area (Å²) in [7, 11) is 0. The predicted molar refractivity (Wildman–Crippen MR) is 67.6 cm³/mol. The van der Waals surface area contributed by atoms with Gasteiger partial charge in [0, 0.05) is 28.7 Å². The Balaban J connectivity index is 1.80. The van der Waals surface area contributed by atoms with Crippen molar-refractivity contribution in [3.63, 3.8) is 0 Å². The molecule has 0 aliphatic rings. The third-order valence-corrected chi connectivity index (χ3v) is 3.56. The van der Waals surface area contributed by atoms with Crippen molar-refractivity contribution in [2.45, 2.75) is 32.9 Å². The van der Waals surface area contributed by atoms with Crippen molar-refractivity contribution in [1.82, 2.24) is 15.5 Å². The highest BCUT2D eigenvalue weighted by Crippen LogP contribution is 2.11. The van der Waals surface area contributed by atoms with Gasteiger partial charge in [-0.15, -0.1) is 11.3 Å². The molecule has 2 heterocycles. The molecule has 0 bridgehead atoms. The topological polar surface area (TPSA) is 40.7 Å². The number of aromatic amines is 1. The van der Waals surface area contributed by atoms with Crippen LogP contribution in [0.1, 0.15) is 23.1 Å². The fourth-order valence-corrected chi connectivity index (χ4v) is 2.48. The van der Waals surface area contributed by atoms with Gasteiger partial charge in [-0.1, -0.05) is 6.07 Å². The molecule has 0 fully saturated rings. The third kappa shape index (κ3) is 2.93. The van der Waals surface area contributed by atoms with Gasteiger partial charge in [-0.2, -0.15) is 5.10 Å². The molecular formula is C12H17N3S. The molecule has 1 atom stereocenters. The first-order valence-corrected chi connectivity index (χ1v) is 6.38. The molecule has 2 N–H and O–H groups in total. The molecule has 16 heavy (non-hydrogen) atoms. The van der Waals surface area contributed by atoms with E-state index in [2.05, 4.69) is 40.0 Å². The zero-order valence-electron chi connectivity index (χ0n) is 9.66. The highest BCUT2D eigenvalue weighted by molar-refractivity contribution is 7.09. The maximum atomic E-state index is 4.01. The molecule has 0 spiro atoms. The van der Waals surface area contributed by atoms with E-state index in [0.29, 0.717) is 6.04 Å². The number of aromatic nitrogens is 2. The Bertz CT molecular complexity index is 419. The summed E-state index contributed by atoms with van der Waals surface area (Å²) in [6.07, 6.45) is 2.98. The van der Waals surface area contributed by atoms with Crippen molar-refractivity contribution in [1.29, 1.82) is 0 Å². The van der Waals surface area contributed by atoms with Crippen LogP contribution in [0.5, 0.6) is 0 Å². The van der Waals surface area contributed by atoms with E-state index < -0.39 is 0 Å². The first-order valence-electron chi connectivity index (χ1n) is 5.50. The minimum Gasteiger partial charge on any atom is -0.310 e. The third-order valence-electron chi connectivity index (χ3n) is 2.66. The lowest BCUT2D eigenvalue weighted by atomic mass is 10.2. The van der Waals surface area contributed by atoms with Crippen molar-refractivity contribution < 1.29 is 0 Å². The lowest BCUT2D eigenvalue weighted by molar-refractivity contribution is 0.548. The van der Waals surface area contributed by atoms with Crippen molar-refractivity contribution in [3.05, 3.63) is 39.8 Å². The Hall–Kier alpha value is -1.13. The van der Waals surface area contributed by atoms with E-state index in [9.17, 15) is 0 Å². The van der Waals surface area contributed by atoms with Crippen LogP contribution in [-0.2, 0) is 13.0 Å². The molecule has 4 heteroatoms. The molecule has 0 aliphatic carbocycles. The summed E-state index contributed by atoms with van der Waals surface area (Å²) in [5, 5.41) is 12.6. The van der Waals surface area contributed by atoms with Crippen LogP contribution in [0, 0.1) is 6.92 Å². The van der Waals surface area contributed by atoms with Gasteiger partial charge in [0.25, 0.3) is 0 Å². The number of nitrogens with zero attached hydrogens (tertiary/aromatic N) is 1. The first-order chi connectivity index (χ1) is 7.75. The second kappa shape index (κ2) is 5.27. The van der Waals surface area contributed by atoms with Gasteiger partial charge in [-0.3, -0.25) is 5.10 Å². The lowest BCUT2D eigenvalue weighted by Gasteiger charge is -2.12. The monoisotopic (exact) mass is 235 g/mol. The van der Waals surface area contributed by atoms with Crippen LogP contribution in [0.3, 0.4) is 0 Å². The highest BCUT2D eigenvalue weighted by atomic mass is 32.1. The fourth-order valence-electron chi connectivity index (χ4n) is 1.64.